The van der Waals surface area contributed by atoms with Gasteiger partial charge >= 0.3 is 12.2 Å². The normalized spacial score (nSPS) is 19.2. The highest BCUT2D eigenvalue weighted by Gasteiger charge is 2.28. The Morgan fingerprint density at radius 2 is 2.00 bits per heavy atom. The van der Waals surface area contributed by atoms with E-state index < -0.39 is 24.7 Å². The van der Waals surface area contributed by atoms with Crippen LogP contribution in [0.25, 0.3) is 0 Å². The molecule has 0 aliphatic carbocycles. The summed E-state index contributed by atoms with van der Waals surface area (Å²) in [5.74, 6) is -0.582. The molecular formula is C12H22ClF3N4O2. The minimum Gasteiger partial charge on any atom is -0.329 e. The number of carbonyl (C=O) groups is 2. The van der Waals surface area contributed by atoms with Crippen molar-refractivity contribution in [3.05, 3.63) is 0 Å². The van der Waals surface area contributed by atoms with E-state index in [0.29, 0.717) is 12.6 Å². The zero-order chi connectivity index (χ0) is 15.9. The van der Waals surface area contributed by atoms with Crippen LogP contribution in [0.15, 0.2) is 0 Å². The van der Waals surface area contributed by atoms with Gasteiger partial charge in [-0.2, -0.15) is 13.2 Å². The van der Waals surface area contributed by atoms with Crippen molar-refractivity contribution < 1.29 is 22.8 Å². The fourth-order valence-electron chi connectivity index (χ4n) is 2.17. The zero-order valence-corrected chi connectivity index (χ0v) is 13.1. The van der Waals surface area contributed by atoms with Gasteiger partial charge in [0.05, 0.1) is 0 Å². The first-order valence-electron chi connectivity index (χ1n) is 6.84. The Hall–Kier alpha value is -1.06. The minimum atomic E-state index is -4.49. The molecule has 0 aromatic carbocycles. The third-order valence-corrected chi connectivity index (χ3v) is 3.27. The summed E-state index contributed by atoms with van der Waals surface area (Å²) >= 11 is 0. The lowest BCUT2D eigenvalue weighted by Gasteiger charge is -2.32. The van der Waals surface area contributed by atoms with Crippen LogP contribution in [0.1, 0.15) is 19.3 Å². The number of urea groups is 1. The number of likely N-dealkylation sites (tertiary alicyclic amines) is 1. The number of amides is 3. The Balaban J connectivity index is 0.00000441. The van der Waals surface area contributed by atoms with Gasteiger partial charge in [-0.15, -0.1) is 12.4 Å². The second-order valence-corrected chi connectivity index (χ2v) is 5.02. The van der Waals surface area contributed by atoms with Crippen molar-refractivity contribution in [2.75, 3.05) is 33.2 Å². The number of nitrogens with zero attached hydrogens (tertiary/aromatic N) is 1. The van der Waals surface area contributed by atoms with Crippen LogP contribution < -0.4 is 16.0 Å². The molecule has 0 saturated carbocycles. The molecule has 1 aliphatic heterocycles. The zero-order valence-electron chi connectivity index (χ0n) is 12.3. The van der Waals surface area contributed by atoms with Gasteiger partial charge in [0.2, 0.25) is 5.91 Å². The van der Waals surface area contributed by atoms with Crippen LogP contribution in [0.3, 0.4) is 0 Å². The number of rotatable bonds is 5. The van der Waals surface area contributed by atoms with E-state index in [2.05, 4.69) is 10.2 Å². The Kier molecular flexibility index (Phi) is 9.38. The molecule has 1 fully saturated rings. The summed E-state index contributed by atoms with van der Waals surface area (Å²) < 4.78 is 35.6. The Morgan fingerprint density at radius 1 is 1.32 bits per heavy atom. The molecule has 1 saturated heterocycles. The number of imide groups is 1. The predicted octanol–water partition coefficient (Wildman–Crippen LogP) is 0.870. The van der Waals surface area contributed by atoms with Crippen LogP contribution in [0.4, 0.5) is 18.0 Å². The number of nitrogens with one attached hydrogen (secondary N) is 3. The van der Waals surface area contributed by atoms with Gasteiger partial charge in [0.15, 0.2) is 0 Å². The molecule has 0 radical (unpaired) electrons. The van der Waals surface area contributed by atoms with E-state index in [1.165, 1.54) is 0 Å². The molecule has 22 heavy (non-hydrogen) atoms. The molecule has 3 amide bonds. The van der Waals surface area contributed by atoms with Crippen molar-refractivity contribution in [2.45, 2.75) is 31.5 Å². The highest BCUT2D eigenvalue weighted by atomic mass is 35.5. The average Bonchev–Trinajstić information content (AvgIpc) is 2.42. The largest absolute Gasteiger partial charge is 0.405 e. The summed E-state index contributed by atoms with van der Waals surface area (Å²) in [6.07, 6.45) is -2.30. The fraction of sp³-hybridized carbons (Fsp3) is 0.833. The molecule has 130 valence electrons. The van der Waals surface area contributed by atoms with E-state index in [1.807, 2.05) is 12.4 Å². The summed E-state index contributed by atoms with van der Waals surface area (Å²) in [6.45, 7) is 0.731. The first-order chi connectivity index (χ1) is 9.80. The van der Waals surface area contributed by atoms with Gasteiger partial charge in [0, 0.05) is 25.6 Å². The molecular weight excluding hydrogens is 325 g/mol. The molecule has 0 aromatic heterocycles. The first kappa shape index (κ1) is 20.9. The van der Waals surface area contributed by atoms with E-state index in [-0.39, 0.29) is 18.8 Å². The Labute approximate surface area is 133 Å². The van der Waals surface area contributed by atoms with Gasteiger partial charge in [-0.1, -0.05) is 0 Å². The van der Waals surface area contributed by atoms with Gasteiger partial charge in [-0.05, 0) is 26.4 Å². The molecule has 1 rings (SSSR count). The lowest BCUT2D eigenvalue weighted by molar-refractivity contribution is -0.124. The summed E-state index contributed by atoms with van der Waals surface area (Å²) in [5.41, 5.74) is 0. The van der Waals surface area contributed by atoms with Gasteiger partial charge in [0.1, 0.15) is 6.54 Å². The van der Waals surface area contributed by atoms with Crippen LogP contribution in [-0.4, -0.2) is 62.3 Å². The summed E-state index contributed by atoms with van der Waals surface area (Å²) in [5, 5.41) is 6.65. The maximum absolute atomic E-state index is 11.9. The third kappa shape index (κ3) is 9.06. The smallest absolute Gasteiger partial charge is 0.329 e. The highest BCUT2D eigenvalue weighted by molar-refractivity contribution is 5.94. The number of alkyl halides is 3. The molecule has 0 bridgehead atoms. The molecule has 0 spiro atoms. The molecule has 1 aliphatic rings. The van der Waals surface area contributed by atoms with E-state index in [0.717, 1.165) is 25.9 Å². The van der Waals surface area contributed by atoms with Gasteiger partial charge in [-0.3, -0.25) is 10.1 Å². The first-order valence-corrected chi connectivity index (χ1v) is 6.84. The van der Waals surface area contributed by atoms with Crippen molar-refractivity contribution in [2.24, 2.45) is 0 Å². The van der Waals surface area contributed by atoms with Crippen molar-refractivity contribution in [1.82, 2.24) is 20.9 Å². The van der Waals surface area contributed by atoms with Crippen molar-refractivity contribution >= 4 is 24.3 Å². The van der Waals surface area contributed by atoms with Gasteiger partial charge < -0.3 is 15.5 Å². The molecule has 3 N–H and O–H groups in total. The molecule has 1 unspecified atom stereocenters. The van der Waals surface area contributed by atoms with E-state index in [1.54, 1.807) is 5.32 Å². The van der Waals surface area contributed by atoms with Gasteiger partial charge in [0.25, 0.3) is 0 Å². The second kappa shape index (κ2) is 9.86. The maximum atomic E-state index is 11.9. The van der Waals surface area contributed by atoms with Crippen molar-refractivity contribution in [3.63, 3.8) is 0 Å². The van der Waals surface area contributed by atoms with Crippen LogP contribution in [-0.2, 0) is 4.79 Å². The number of hydrogen-bond donors (Lipinski definition) is 3. The fourth-order valence-corrected chi connectivity index (χ4v) is 2.17. The Morgan fingerprint density at radius 3 is 2.59 bits per heavy atom. The quantitative estimate of drug-likeness (QED) is 0.690. The lowest BCUT2D eigenvalue weighted by atomic mass is 10.1. The number of halogens is 4. The van der Waals surface area contributed by atoms with Crippen LogP contribution in [0, 0.1) is 0 Å². The Bertz CT molecular complexity index is 369. The topological polar surface area (TPSA) is 73.5 Å². The number of piperidine rings is 1. The van der Waals surface area contributed by atoms with Crippen LogP contribution >= 0.6 is 12.4 Å². The summed E-state index contributed by atoms with van der Waals surface area (Å²) in [6, 6.07) is -0.735. The van der Waals surface area contributed by atoms with Crippen molar-refractivity contribution in [1.29, 1.82) is 0 Å². The number of likely N-dealkylation sites (N-methyl/N-ethyl adjacent to an activating group) is 1. The maximum Gasteiger partial charge on any atom is 0.405 e. The average molecular weight is 347 g/mol. The van der Waals surface area contributed by atoms with Crippen molar-refractivity contribution in [3.8, 4) is 0 Å². The standard InChI is InChI=1S/C12H21F3N4O2.ClH/c1-16-9-3-2-5-19(7-9)6-4-10(20)18-11(21)17-8-12(13,14)15;/h9,16H,2-8H2,1H3,(H2,17,18,20,21);1H. The molecule has 0 aromatic rings. The SMILES string of the molecule is CNC1CCCN(CCC(=O)NC(=O)NCC(F)(F)F)C1.Cl. The summed E-state index contributed by atoms with van der Waals surface area (Å²) in [4.78, 5) is 24.7. The lowest BCUT2D eigenvalue weighted by Crippen LogP contribution is -2.46. The van der Waals surface area contributed by atoms with Gasteiger partial charge in [-0.25, -0.2) is 4.79 Å². The third-order valence-electron chi connectivity index (χ3n) is 3.27. The van der Waals surface area contributed by atoms with E-state index >= 15 is 0 Å². The predicted molar refractivity (Wildman–Crippen MR) is 78.0 cm³/mol. The number of carbonyl (C=O) groups excluding carboxylic acids is 2. The molecule has 1 heterocycles. The molecule has 1 atom stereocenters. The van der Waals surface area contributed by atoms with Crippen LogP contribution in [0.2, 0.25) is 0 Å². The van der Waals surface area contributed by atoms with Crippen LogP contribution in [0.5, 0.6) is 0 Å². The van der Waals surface area contributed by atoms with E-state index in [4.69, 9.17) is 0 Å². The highest BCUT2D eigenvalue weighted by Crippen LogP contribution is 2.12. The van der Waals surface area contributed by atoms with E-state index in [9.17, 15) is 22.8 Å². The second-order valence-electron chi connectivity index (χ2n) is 5.02. The minimum absolute atomic E-state index is 0. The number of hydrogen-bond acceptors (Lipinski definition) is 4. The monoisotopic (exact) mass is 346 g/mol. The molecule has 6 nitrogen and oxygen atoms in total. The molecule has 10 heteroatoms. The summed E-state index contributed by atoms with van der Waals surface area (Å²) in [7, 11) is 1.88.